The molecule has 0 bridgehead atoms. The Hall–Kier alpha value is -1.40. The van der Waals surface area contributed by atoms with Crippen molar-refractivity contribution in [3.05, 3.63) is 33.9 Å². The monoisotopic (exact) mass is 350 g/mol. The normalized spacial score (nSPS) is 11.1. The first-order valence-corrected chi connectivity index (χ1v) is 9.33. The van der Waals surface area contributed by atoms with E-state index in [4.69, 9.17) is 4.74 Å². The average molecular weight is 351 g/mol. The smallest absolute Gasteiger partial charge is 0.295 e. The second kappa shape index (κ2) is 7.45. The van der Waals surface area contributed by atoms with Gasteiger partial charge in [-0.2, -0.15) is 0 Å². The fourth-order valence-corrected chi connectivity index (χ4v) is 4.62. The molecule has 6 heteroatoms. The molecular weight excluding hydrogens is 328 g/mol. The number of rotatable bonds is 6. The lowest BCUT2D eigenvalue weighted by molar-refractivity contribution is 0.101. The zero-order valence-electron chi connectivity index (χ0n) is 14.4. The highest BCUT2D eigenvalue weighted by atomic mass is 32.2. The molecule has 0 fully saturated rings. The van der Waals surface area contributed by atoms with E-state index in [1.54, 1.807) is 18.7 Å². The third kappa shape index (κ3) is 4.32. The fraction of sp³-hybridized carbons (Fsp3) is 0.471. The summed E-state index contributed by atoms with van der Waals surface area (Å²) in [5.41, 5.74) is 5.37. The van der Waals surface area contributed by atoms with Crippen LogP contribution in [0.5, 0.6) is 5.19 Å². The molecule has 1 aromatic heterocycles. The van der Waals surface area contributed by atoms with Gasteiger partial charge in [0.05, 0.1) is 6.10 Å². The molecule has 1 aromatic carbocycles. The number of hydrogen-bond acceptors (Lipinski definition) is 6. The standard InChI is InChI=1S/C17H22N2O2S2/c1-9(2)21-16-18-19-17(23-16)22-8-14-10(3)7-11(4)15(12(14)5)13(6)20/h7,9H,8H2,1-6H3. The third-order valence-electron chi connectivity index (χ3n) is 3.55. The van der Waals surface area contributed by atoms with E-state index in [0.717, 1.165) is 26.8 Å². The van der Waals surface area contributed by atoms with Gasteiger partial charge in [-0.1, -0.05) is 22.9 Å². The van der Waals surface area contributed by atoms with Crippen LogP contribution in [-0.4, -0.2) is 22.1 Å². The summed E-state index contributed by atoms with van der Waals surface area (Å²) in [5.74, 6) is 0.893. The Balaban J connectivity index is 2.19. The molecule has 0 saturated carbocycles. The Labute approximate surface area is 145 Å². The summed E-state index contributed by atoms with van der Waals surface area (Å²) in [6.07, 6.45) is 0.0977. The fourth-order valence-electron chi connectivity index (χ4n) is 2.63. The van der Waals surface area contributed by atoms with Gasteiger partial charge in [-0.25, -0.2) is 0 Å². The number of carbonyl (C=O) groups excluding carboxylic acids is 1. The van der Waals surface area contributed by atoms with Crippen molar-refractivity contribution < 1.29 is 9.53 Å². The summed E-state index contributed by atoms with van der Waals surface area (Å²) >= 11 is 3.09. The number of aryl methyl sites for hydroxylation is 2. The van der Waals surface area contributed by atoms with Gasteiger partial charge in [-0.15, -0.1) is 5.10 Å². The first kappa shape index (κ1) is 17.9. The maximum Gasteiger partial charge on any atom is 0.295 e. The minimum Gasteiger partial charge on any atom is -0.466 e. The van der Waals surface area contributed by atoms with Gasteiger partial charge in [0.25, 0.3) is 5.19 Å². The highest BCUT2D eigenvalue weighted by Gasteiger charge is 2.15. The Morgan fingerprint density at radius 3 is 2.57 bits per heavy atom. The number of carbonyl (C=O) groups is 1. The number of ether oxygens (including phenoxy) is 1. The van der Waals surface area contributed by atoms with Gasteiger partial charge in [0.2, 0.25) is 0 Å². The molecule has 23 heavy (non-hydrogen) atoms. The summed E-state index contributed by atoms with van der Waals surface area (Å²) in [6.45, 7) is 11.7. The predicted molar refractivity (Wildman–Crippen MR) is 95.9 cm³/mol. The van der Waals surface area contributed by atoms with Gasteiger partial charge >= 0.3 is 0 Å². The molecule has 4 nitrogen and oxygen atoms in total. The molecule has 2 aromatic rings. The number of thioether (sulfide) groups is 1. The number of ketones is 1. The van der Waals surface area contributed by atoms with Crippen LogP contribution in [0.2, 0.25) is 0 Å². The van der Waals surface area contributed by atoms with Gasteiger partial charge in [0.1, 0.15) is 0 Å². The molecule has 0 aliphatic rings. The first-order chi connectivity index (χ1) is 10.8. The van der Waals surface area contributed by atoms with E-state index in [1.807, 2.05) is 27.7 Å². The van der Waals surface area contributed by atoms with Crippen molar-refractivity contribution in [1.29, 1.82) is 0 Å². The van der Waals surface area contributed by atoms with Crippen LogP contribution in [0.4, 0.5) is 0 Å². The maximum absolute atomic E-state index is 11.9. The lowest BCUT2D eigenvalue weighted by Gasteiger charge is -2.15. The Kier molecular flexibility index (Phi) is 5.81. The lowest BCUT2D eigenvalue weighted by Crippen LogP contribution is -2.05. The Morgan fingerprint density at radius 2 is 1.96 bits per heavy atom. The molecule has 0 N–H and O–H groups in total. The van der Waals surface area contributed by atoms with Crippen molar-refractivity contribution in [3.63, 3.8) is 0 Å². The van der Waals surface area contributed by atoms with Crippen LogP contribution >= 0.6 is 23.1 Å². The van der Waals surface area contributed by atoms with E-state index in [1.165, 1.54) is 22.5 Å². The van der Waals surface area contributed by atoms with Crippen LogP contribution in [0, 0.1) is 20.8 Å². The van der Waals surface area contributed by atoms with Crippen molar-refractivity contribution in [2.75, 3.05) is 0 Å². The number of nitrogens with zero attached hydrogens (tertiary/aromatic N) is 2. The van der Waals surface area contributed by atoms with Gasteiger partial charge in [-0.3, -0.25) is 4.79 Å². The van der Waals surface area contributed by atoms with Crippen LogP contribution in [0.15, 0.2) is 10.4 Å². The van der Waals surface area contributed by atoms with E-state index in [9.17, 15) is 4.79 Å². The van der Waals surface area contributed by atoms with Crippen LogP contribution in [0.25, 0.3) is 0 Å². The minimum atomic E-state index is 0.0977. The van der Waals surface area contributed by atoms with Crippen LogP contribution in [0.3, 0.4) is 0 Å². The number of aromatic nitrogens is 2. The summed E-state index contributed by atoms with van der Waals surface area (Å²) in [7, 11) is 0. The van der Waals surface area contributed by atoms with Crippen molar-refractivity contribution in [2.45, 2.75) is 57.7 Å². The summed E-state index contributed by atoms with van der Waals surface area (Å²) < 4.78 is 6.43. The topological polar surface area (TPSA) is 52.1 Å². The Bertz CT molecular complexity index is 724. The first-order valence-electron chi connectivity index (χ1n) is 7.53. The largest absolute Gasteiger partial charge is 0.466 e. The second-order valence-corrected chi connectivity index (χ2v) is 8.00. The molecule has 0 unspecified atom stereocenters. The maximum atomic E-state index is 11.9. The highest BCUT2D eigenvalue weighted by molar-refractivity contribution is 8.00. The van der Waals surface area contributed by atoms with Crippen LogP contribution in [0.1, 0.15) is 53.4 Å². The van der Waals surface area contributed by atoms with Crippen molar-refractivity contribution in [1.82, 2.24) is 10.2 Å². The summed E-state index contributed by atoms with van der Waals surface area (Å²) in [4.78, 5) is 11.9. The Morgan fingerprint density at radius 1 is 1.26 bits per heavy atom. The zero-order chi connectivity index (χ0) is 17.1. The SMILES string of the molecule is CC(=O)c1c(C)cc(C)c(CSc2nnc(OC(C)C)s2)c1C. The molecule has 0 aliphatic carbocycles. The molecule has 0 radical (unpaired) electrons. The third-order valence-corrected chi connectivity index (χ3v) is 5.52. The lowest BCUT2D eigenvalue weighted by atomic mass is 9.92. The molecule has 2 rings (SSSR count). The highest BCUT2D eigenvalue weighted by Crippen LogP contribution is 2.33. The van der Waals surface area contributed by atoms with E-state index in [0.29, 0.717) is 5.19 Å². The minimum absolute atomic E-state index is 0.0977. The molecule has 0 atom stereocenters. The molecular formula is C17H22N2O2S2. The van der Waals surface area contributed by atoms with Gasteiger partial charge < -0.3 is 4.74 Å². The van der Waals surface area contributed by atoms with Gasteiger partial charge in [-0.05, 0) is 75.1 Å². The van der Waals surface area contributed by atoms with Crippen molar-refractivity contribution in [3.8, 4) is 5.19 Å². The summed E-state index contributed by atoms with van der Waals surface area (Å²) in [5, 5.41) is 8.80. The number of benzene rings is 1. The van der Waals surface area contributed by atoms with Crippen molar-refractivity contribution >= 4 is 28.9 Å². The van der Waals surface area contributed by atoms with Crippen molar-refractivity contribution in [2.24, 2.45) is 0 Å². The van der Waals surface area contributed by atoms with Crippen LogP contribution in [-0.2, 0) is 5.75 Å². The zero-order valence-corrected chi connectivity index (χ0v) is 16.0. The predicted octanol–water partition coefficient (Wildman–Crippen LogP) is 4.75. The van der Waals surface area contributed by atoms with E-state index >= 15 is 0 Å². The quantitative estimate of drug-likeness (QED) is 0.556. The molecule has 0 amide bonds. The molecule has 0 saturated heterocycles. The van der Waals surface area contributed by atoms with E-state index in [2.05, 4.69) is 23.2 Å². The van der Waals surface area contributed by atoms with E-state index < -0.39 is 0 Å². The molecule has 1 heterocycles. The molecule has 0 aliphatic heterocycles. The number of Topliss-reactive ketones (excluding diaryl/α,β-unsaturated/α-hetero) is 1. The van der Waals surface area contributed by atoms with Crippen LogP contribution < -0.4 is 4.74 Å². The summed E-state index contributed by atoms with van der Waals surface area (Å²) in [6, 6.07) is 2.09. The average Bonchev–Trinajstić information content (AvgIpc) is 2.84. The van der Waals surface area contributed by atoms with Gasteiger partial charge in [0, 0.05) is 11.3 Å². The van der Waals surface area contributed by atoms with E-state index in [-0.39, 0.29) is 11.9 Å². The molecule has 124 valence electrons. The molecule has 0 spiro atoms. The van der Waals surface area contributed by atoms with Gasteiger partial charge in [0.15, 0.2) is 10.1 Å². The second-order valence-electron chi connectivity index (χ2n) is 5.83. The number of hydrogen-bond donors (Lipinski definition) is 0.